The van der Waals surface area contributed by atoms with Crippen LogP contribution in [0.4, 0.5) is 4.79 Å². The van der Waals surface area contributed by atoms with Crippen LogP contribution in [0.3, 0.4) is 0 Å². The molecule has 1 unspecified atom stereocenters. The zero-order valence-electron chi connectivity index (χ0n) is 14.9. The second-order valence-corrected chi connectivity index (χ2v) is 7.81. The minimum atomic E-state index is -0.129. The van der Waals surface area contributed by atoms with E-state index in [-0.39, 0.29) is 12.1 Å². The number of nitrogens with one attached hydrogen (secondary N) is 2. The molecule has 25 heavy (non-hydrogen) atoms. The highest BCUT2D eigenvalue weighted by molar-refractivity contribution is 7.10. The van der Waals surface area contributed by atoms with Gasteiger partial charge in [-0.25, -0.2) is 4.79 Å². The van der Waals surface area contributed by atoms with Crippen molar-refractivity contribution in [2.75, 3.05) is 19.6 Å². The number of thiophene rings is 1. The molecular formula is C18H27N5OS. The molecule has 2 N–H and O–H groups in total. The maximum Gasteiger partial charge on any atom is 0.315 e. The monoisotopic (exact) mass is 361 g/mol. The van der Waals surface area contributed by atoms with E-state index in [1.54, 1.807) is 22.2 Å². The molecule has 3 rings (SSSR count). The Morgan fingerprint density at radius 2 is 2.20 bits per heavy atom. The van der Waals surface area contributed by atoms with Crippen LogP contribution >= 0.6 is 11.3 Å². The number of rotatable bonds is 6. The topological polar surface area (TPSA) is 62.2 Å². The molecule has 1 aliphatic heterocycles. The van der Waals surface area contributed by atoms with Crippen molar-refractivity contribution in [1.82, 2.24) is 25.3 Å². The van der Waals surface area contributed by atoms with E-state index in [4.69, 9.17) is 0 Å². The van der Waals surface area contributed by atoms with Gasteiger partial charge in [0.05, 0.1) is 12.2 Å². The zero-order chi connectivity index (χ0) is 17.6. The first-order chi connectivity index (χ1) is 12.1. The van der Waals surface area contributed by atoms with Gasteiger partial charge in [0.1, 0.15) is 0 Å². The molecule has 6 nitrogen and oxygen atoms in total. The number of hydrogen-bond donors (Lipinski definition) is 2. The molecule has 0 aliphatic carbocycles. The molecule has 0 saturated carbocycles. The number of likely N-dealkylation sites (tertiary alicyclic amines) is 1. The van der Waals surface area contributed by atoms with Gasteiger partial charge in [-0.2, -0.15) is 5.10 Å². The Morgan fingerprint density at radius 1 is 1.40 bits per heavy atom. The van der Waals surface area contributed by atoms with Crippen molar-refractivity contribution in [3.05, 3.63) is 40.3 Å². The summed E-state index contributed by atoms with van der Waals surface area (Å²) in [6, 6.07) is 4.39. The van der Waals surface area contributed by atoms with Gasteiger partial charge in [0.25, 0.3) is 0 Å². The third kappa shape index (κ3) is 5.06. The van der Waals surface area contributed by atoms with Crippen LogP contribution in [0.2, 0.25) is 0 Å². The lowest BCUT2D eigenvalue weighted by atomic mass is 9.97. The number of aryl methyl sites for hydroxylation is 1. The SMILES string of the molecule is CC1CCN(C(CNC(=O)NCc2cnn(C)c2)c2cccs2)CC1. The van der Waals surface area contributed by atoms with Gasteiger partial charge < -0.3 is 10.6 Å². The van der Waals surface area contributed by atoms with Gasteiger partial charge in [-0.05, 0) is 43.3 Å². The molecule has 0 spiro atoms. The van der Waals surface area contributed by atoms with Gasteiger partial charge in [0.15, 0.2) is 0 Å². The van der Waals surface area contributed by atoms with Crippen LogP contribution in [0.25, 0.3) is 0 Å². The molecule has 1 saturated heterocycles. The van der Waals surface area contributed by atoms with E-state index in [1.165, 1.54) is 17.7 Å². The molecule has 1 aliphatic rings. The van der Waals surface area contributed by atoms with E-state index >= 15 is 0 Å². The smallest absolute Gasteiger partial charge is 0.315 e. The number of nitrogens with zero attached hydrogens (tertiary/aromatic N) is 3. The first kappa shape index (κ1) is 17.9. The van der Waals surface area contributed by atoms with Gasteiger partial charge >= 0.3 is 6.03 Å². The third-order valence-electron chi connectivity index (χ3n) is 4.80. The highest BCUT2D eigenvalue weighted by Crippen LogP contribution is 2.28. The minimum Gasteiger partial charge on any atom is -0.336 e. The molecule has 2 aromatic heterocycles. The number of amides is 2. The highest BCUT2D eigenvalue weighted by Gasteiger charge is 2.25. The number of carbonyl (C=O) groups excluding carboxylic acids is 1. The summed E-state index contributed by atoms with van der Waals surface area (Å²) in [5, 5.41) is 12.2. The van der Waals surface area contributed by atoms with Crippen LogP contribution in [0, 0.1) is 5.92 Å². The van der Waals surface area contributed by atoms with Crippen LogP contribution in [-0.4, -0.2) is 40.3 Å². The fourth-order valence-electron chi connectivity index (χ4n) is 3.23. The summed E-state index contributed by atoms with van der Waals surface area (Å²) < 4.78 is 1.74. The maximum atomic E-state index is 12.2. The Bertz CT molecular complexity index is 661. The lowest BCUT2D eigenvalue weighted by Crippen LogP contribution is -2.44. The second-order valence-electron chi connectivity index (χ2n) is 6.84. The van der Waals surface area contributed by atoms with Crippen molar-refractivity contribution >= 4 is 17.4 Å². The summed E-state index contributed by atoms with van der Waals surface area (Å²) in [4.78, 5) is 16.0. The van der Waals surface area contributed by atoms with Gasteiger partial charge in [-0.1, -0.05) is 13.0 Å². The average Bonchev–Trinajstić information content (AvgIpc) is 3.27. The van der Waals surface area contributed by atoms with E-state index in [0.717, 1.165) is 24.6 Å². The maximum absolute atomic E-state index is 12.2. The van der Waals surface area contributed by atoms with E-state index in [9.17, 15) is 4.79 Å². The van der Waals surface area contributed by atoms with Gasteiger partial charge in [-0.15, -0.1) is 11.3 Å². The standard InChI is InChI=1S/C18H27N5OS/c1-14-5-7-23(8-6-14)16(17-4-3-9-25-17)12-20-18(24)19-10-15-11-21-22(2)13-15/h3-4,9,11,13-14,16H,5-8,10,12H2,1-2H3,(H2,19,20,24). The van der Waals surface area contributed by atoms with Crippen LogP contribution in [0.1, 0.15) is 36.2 Å². The van der Waals surface area contributed by atoms with Crippen LogP contribution in [-0.2, 0) is 13.6 Å². The highest BCUT2D eigenvalue weighted by atomic mass is 32.1. The first-order valence-corrected chi connectivity index (χ1v) is 9.76. The van der Waals surface area contributed by atoms with Gasteiger partial charge in [0, 0.05) is 36.8 Å². The van der Waals surface area contributed by atoms with E-state index in [1.807, 2.05) is 13.2 Å². The fourth-order valence-corrected chi connectivity index (χ4v) is 4.09. The predicted molar refractivity (Wildman–Crippen MR) is 100 cm³/mol. The minimum absolute atomic E-state index is 0.129. The van der Waals surface area contributed by atoms with E-state index in [2.05, 4.69) is 45.1 Å². The summed E-state index contributed by atoms with van der Waals surface area (Å²) in [6.45, 7) is 5.64. The molecular weight excluding hydrogens is 334 g/mol. The summed E-state index contributed by atoms with van der Waals surface area (Å²) in [7, 11) is 1.87. The Labute approximate surface area is 153 Å². The molecule has 1 fully saturated rings. The van der Waals surface area contributed by atoms with E-state index < -0.39 is 0 Å². The average molecular weight is 362 g/mol. The first-order valence-electron chi connectivity index (χ1n) is 8.88. The van der Waals surface area contributed by atoms with Crippen molar-refractivity contribution in [1.29, 1.82) is 0 Å². The Hall–Kier alpha value is -1.86. The lowest BCUT2D eigenvalue weighted by Gasteiger charge is -2.36. The van der Waals surface area contributed by atoms with Crippen molar-refractivity contribution < 1.29 is 4.79 Å². The second kappa shape index (κ2) is 8.49. The largest absolute Gasteiger partial charge is 0.336 e. The zero-order valence-corrected chi connectivity index (χ0v) is 15.8. The molecule has 3 heterocycles. The summed E-state index contributed by atoms with van der Waals surface area (Å²) in [6.07, 6.45) is 6.14. The predicted octanol–water partition coefficient (Wildman–Crippen LogP) is 2.75. The van der Waals surface area contributed by atoms with Crippen LogP contribution in [0.5, 0.6) is 0 Å². The number of hydrogen-bond acceptors (Lipinski definition) is 4. The van der Waals surface area contributed by atoms with Crippen LogP contribution in [0.15, 0.2) is 29.9 Å². The number of aromatic nitrogens is 2. The molecule has 0 bridgehead atoms. The molecule has 0 radical (unpaired) electrons. The van der Waals surface area contributed by atoms with Crippen molar-refractivity contribution in [3.8, 4) is 0 Å². The number of urea groups is 1. The van der Waals surface area contributed by atoms with Crippen molar-refractivity contribution in [2.45, 2.75) is 32.4 Å². The van der Waals surface area contributed by atoms with Crippen LogP contribution < -0.4 is 10.6 Å². The number of carbonyl (C=O) groups is 1. The molecule has 2 aromatic rings. The van der Waals surface area contributed by atoms with Gasteiger partial charge in [-0.3, -0.25) is 9.58 Å². The van der Waals surface area contributed by atoms with Gasteiger partial charge in [0.2, 0.25) is 0 Å². The molecule has 7 heteroatoms. The Balaban J connectivity index is 1.52. The molecule has 136 valence electrons. The summed E-state index contributed by atoms with van der Waals surface area (Å²) >= 11 is 1.77. The summed E-state index contributed by atoms with van der Waals surface area (Å²) in [5.41, 5.74) is 0.998. The molecule has 2 amide bonds. The molecule has 0 aromatic carbocycles. The van der Waals surface area contributed by atoms with Crippen molar-refractivity contribution in [3.63, 3.8) is 0 Å². The summed E-state index contributed by atoms with van der Waals surface area (Å²) in [5.74, 6) is 0.802. The molecule has 1 atom stereocenters. The number of piperidine rings is 1. The third-order valence-corrected chi connectivity index (χ3v) is 5.77. The Kier molecular flexibility index (Phi) is 6.09. The fraction of sp³-hybridized carbons (Fsp3) is 0.556. The van der Waals surface area contributed by atoms with E-state index in [0.29, 0.717) is 13.1 Å². The lowest BCUT2D eigenvalue weighted by molar-refractivity contribution is 0.138. The quantitative estimate of drug-likeness (QED) is 0.832. The van der Waals surface area contributed by atoms with Crippen molar-refractivity contribution in [2.24, 2.45) is 13.0 Å². The normalized spacial score (nSPS) is 17.4. The Morgan fingerprint density at radius 3 is 2.84 bits per heavy atom.